The third-order valence-corrected chi connectivity index (χ3v) is 3.29. The van der Waals surface area contributed by atoms with E-state index in [1.807, 2.05) is 25.1 Å². The Morgan fingerprint density at radius 1 is 1.44 bits per heavy atom. The van der Waals surface area contributed by atoms with E-state index in [0.29, 0.717) is 5.82 Å². The molecule has 96 valence electrons. The number of aliphatic hydroxyl groups is 1. The summed E-state index contributed by atoms with van der Waals surface area (Å²) in [7, 11) is 1.78. The maximum Gasteiger partial charge on any atom is 0.182 e. The van der Waals surface area contributed by atoms with Crippen LogP contribution in [0.15, 0.2) is 22.7 Å². The summed E-state index contributed by atoms with van der Waals surface area (Å²) in [5, 5.41) is 21.7. The Morgan fingerprint density at radius 2 is 2.22 bits per heavy atom. The molecule has 6 heteroatoms. The van der Waals surface area contributed by atoms with Crippen LogP contribution < -0.4 is 0 Å². The molecule has 18 heavy (non-hydrogen) atoms. The van der Waals surface area contributed by atoms with Gasteiger partial charge in [-0.2, -0.15) is 0 Å². The van der Waals surface area contributed by atoms with Gasteiger partial charge in [-0.3, -0.25) is 0 Å². The van der Waals surface area contributed by atoms with Crippen LogP contribution in [0.2, 0.25) is 0 Å². The number of hydrogen-bond donors (Lipinski definition) is 1. The summed E-state index contributed by atoms with van der Waals surface area (Å²) in [5.41, 5.74) is 1.72. The van der Waals surface area contributed by atoms with Crippen molar-refractivity contribution in [3.8, 4) is 11.4 Å². The zero-order chi connectivity index (χ0) is 13.1. The number of halogens is 1. The van der Waals surface area contributed by atoms with Gasteiger partial charge in [-0.15, -0.1) is 5.10 Å². The standard InChI is InChI=1S/C12H15BrN4O/c1-3-4-11(18)9-6-5-8(13)7-10(9)12-14-15-16-17(12)2/h5-7,11,18H,3-4H2,1-2H3. The van der Waals surface area contributed by atoms with Gasteiger partial charge in [0.05, 0.1) is 6.10 Å². The molecular weight excluding hydrogens is 296 g/mol. The molecule has 2 rings (SSSR count). The minimum Gasteiger partial charge on any atom is -0.388 e. The molecule has 0 fully saturated rings. The molecule has 0 aliphatic carbocycles. The van der Waals surface area contributed by atoms with E-state index in [1.165, 1.54) is 0 Å². The molecule has 0 amide bonds. The molecule has 0 spiro atoms. The molecule has 5 nitrogen and oxygen atoms in total. The molecule has 0 bridgehead atoms. The van der Waals surface area contributed by atoms with Crippen molar-refractivity contribution in [3.05, 3.63) is 28.2 Å². The molecule has 1 N–H and O–H groups in total. The molecular formula is C12H15BrN4O. The van der Waals surface area contributed by atoms with Gasteiger partial charge >= 0.3 is 0 Å². The van der Waals surface area contributed by atoms with Crippen molar-refractivity contribution >= 4 is 15.9 Å². The number of aliphatic hydroxyl groups excluding tert-OH is 1. The quantitative estimate of drug-likeness (QED) is 0.942. The van der Waals surface area contributed by atoms with E-state index < -0.39 is 6.10 Å². The number of aryl methyl sites for hydroxylation is 1. The van der Waals surface area contributed by atoms with Crippen LogP contribution in [0.3, 0.4) is 0 Å². The summed E-state index contributed by atoms with van der Waals surface area (Å²) in [6.07, 6.45) is 1.16. The highest BCUT2D eigenvalue weighted by atomic mass is 79.9. The van der Waals surface area contributed by atoms with Crippen LogP contribution in [-0.4, -0.2) is 25.3 Å². The van der Waals surface area contributed by atoms with E-state index in [9.17, 15) is 5.11 Å². The van der Waals surface area contributed by atoms with Gasteiger partial charge in [0.15, 0.2) is 5.82 Å². The fourth-order valence-electron chi connectivity index (χ4n) is 1.90. The van der Waals surface area contributed by atoms with Crippen molar-refractivity contribution in [3.63, 3.8) is 0 Å². The van der Waals surface area contributed by atoms with Crippen LogP contribution >= 0.6 is 15.9 Å². The first-order chi connectivity index (χ1) is 8.63. The van der Waals surface area contributed by atoms with Gasteiger partial charge < -0.3 is 5.11 Å². The first kappa shape index (κ1) is 13.2. The summed E-state index contributed by atoms with van der Waals surface area (Å²) in [5.74, 6) is 0.654. The Hall–Kier alpha value is -1.27. The Morgan fingerprint density at radius 3 is 2.83 bits per heavy atom. The highest BCUT2D eigenvalue weighted by Crippen LogP contribution is 2.31. The predicted molar refractivity (Wildman–Crippen MR) is 71.8 cm³/mol. The molecule has 1 heterocycles. The topological polar surface area (TPSA) is 63.8 Å². The largest absolute Gasteiger partial charge is 0.388 e. The van der Waals surface area contributed by atoms with E-state index in [4.69, 9.17) is 0 Å². The molecule has 1 aromatic heterocycles. The summed E-state index contributed by atoms with van der Waals surface area (Å²) >= 11 is 3.44. The number of benzene rings is 1. The van der Waals surface area contributed by atoms with Crippen molar-refractivity contribution in [2.24, 2.45) is 7.05 Å². The second-order valence-electron chi connectivity index (χ2n) is 4.16. The van der Waals surface area contributed by atoms with Crippen molar-refractivity contribution in [2.75, 3.05) is 0 Å². The van der Waals surface area contributed by atoms with Gasteiger partial charge in [0.1, 0.15) is 0 Å². The number of tetrazole rings is 1. The average Bonchev–Trinajstić information content (AvgIpc) is 2.75. The van der Waals surface area contributed by atoms with Crippen molar-refractivity contribution < 1.29 is 5.11 Å². The van der Waals surface area contributed by atoms with E-state index in [0.717, 1.165) is 28.4 Å². The average molecular weight is 311 g/mol. The maximum absolute atomic E-state index is 10.2. The highest BCUT2D eigenvalue weighted by molar-refractivity contribution is 9.10. The van der Waals surface area contributed by atoms with Crippen LogP contribution in [0.5, 0.6) is 0 Å². The smallest absolute Gasteiger partial charge is 0.182 e. The Balaban J connectivity index is 2.51. The Bertz CT molecular complexity index is 541. The van der Waals surface area contributed by atoms with Gasteiger partial charge in [-0.25, -0.2) is 4.68 Å². The summed E-state index contributed by atoms with van der Waals surface area (Å²) < 4.78 is 2.54. The number of rotatable bonds is 4. The molecule has 2 aromatic rings. The Labute approximate surface area is 114 Å². The molecule has 0 saturated heterocycles. The van der Waals surface area contributed by atoms with Crippen LogP contribution in [0.1, 0.15) is 31.4 Å². The minimum atomic E-state index is -0.491. The lowest BCUT2D eigenvalue weighted by Gasteiger charge is -2.14. The summed E-state index contributed by atoms with van der Waals surface area (Å²) in [4.78, 5) is 0. The second kappa shape index (κ2) is 5.58. The normalized spacial score (nSPS) is 12.7. The van der Waals surface area contributed by atoms with Gasteiger partial charge in [0.2, 0.25) is 0 Å². The lowest BCUT2D eigenvalue weighted by molar-refractivity contribution is 0.167. The number of nitrogens with zero attached hydrogens (tertiary/aromatic N) is 4. The molecule has 1 unspecified atom stereocenters. The Kier molecular flexibility index (Phi) is 4.08. The molecule has 1 atom stereocenters. The van der Waals surface area contributed by atoms with Crippen LogP contribution in [-0.2, 0) is 7.05 Å². The predicted octanol–water partition coefficient (Wildman–Crippen LogP) is 2.47. The lowest BCUT2D eigenvalue weighted by Crippen LogP contribution is -2.03. The van der Waals surface area contributed by atoms with Crippen LogP contribution in [0.4, 0.5) is 0 Å². The monoisotopic (exact) mass is 310 g/mol. The zero-order valence-electron chi connectivity index (χ0n) is 10.3. The van der Waals surface area contributed by atoms with E-state index in [-0.39, 0.29) is 0 Å². The van der Waals surface area contributed by atoms with Crippen LogP contribution in [0.25, 0.3) is 11.4 Å². The lowest BCUT2D eigenvalue weighted by atomic mass is 9.99. The van der Waals surface area contributed by atoms with Gasteiger partial charge in [-0.05, 0) is 34.5 Å². The third kappa shape index (κ3) is 2.59. The second-order valence-corrected chi connectivity index (χ2v) is 5.08. The van der Waals surface area contributed by atoms with Crippen molar-refractivity contribution in [1.82, 2.24) is 20.2 Å². The molecule has 0 aliphatic heterocycles. The maximum atomic E-state index is 10.2. The fourth-order valence-corrected chi connectivity index (χ4v) is 2.26. The first-order valence-corrected chi connectivity index (χ1v) is 6.63. The van der Waals surface area contributed by atoms with E-state index in [1.54, 1.807) is 11.7 Å². The van der Waals surface area contributed by atoms with Crippen molar-refractivity contribution in [2.45, 2.75) is 25.9 Å². The van der Waals surface area contributed by atoms with Gasteiger partial charge in [0, 0.05) is 17.1 Å². The molecule has 1 aromatic carbocycles. The molecule has 0 radical (unpaired) electrons. The van der Waals surface area contributed by atoms with E-state index in [2.05, 4.69) is 31.5 Å². The molecule has 0 saturated carbocycles. The van der Waals surface area contributed by atoms with Gasteiger partial charge in [-0.1, -0.05) is 35.3 Å². The number of aromatic nitrogens is 4. The molecule has 0 aliphatic rings. The van der Waals surface area contributed by atoms with Gasteiger partial charge in [0.25, 0.3) is 0 Å². The summed E-state index contributed by atoms with van der Waals surface area (Å²) in [6.45, 7) is 2.05. The zero-order valence-corrected chi connectivity index (χ0v) is 11.9. The first-order valence-electron chi connectivity index (χ1n) is 5.83. The summed E-state index contributed by atoms with van der Waals surface area (Å²) in [6, 6.07) is 5.76. The van der Waals surface area contributed by atoms with Crippen molar-refractivity contribution in [1.29, 1.82) is 0 Å². The third-order valence-electron chi connectivity index (χ3n) is 2.80. The minimum absolute atomic E-state index is 0.491. The highest BCUT2D eigenvalue weighted by Gasteiger charge is 2.17. The van der Waals surface area contributed by atoms with E-state index >= 15 is 0 Å². The SMILES string of the molecule is CCCC(O)c1ccc(Br)cc1-c1nnnn1C. The van der Waals surface area contributed by atoms with Crippen LogP contribution in [0, 0.1) is 0 Å². The fraction of sp³-hybridized carbons (Fsp3) is 0.417. The number of hydrogen-bond acceptors (Lipinski definition) is 4.